The van der Waals surface area contributed by atoms with E-state index in [0.717, 1.165) is 17.7 Å². The predicted octanol–water partition coefficient (Wildman–Crippen LogP) is 3.08. The highest BCUT2D eigenvalue weighted by atomic mass is 32.1. The molecule has 7 nitrogen and oxygen atoms in total. The lowest BCUT2D eigenvalue weighted by atomic mass is 9.86. The van der Waals surface area contributed by atoms with Crippen LogP contribution >= 0.6 is 11.3 Å². The molecule has 2 aliphatic heterocycles. The van der Waals surface area contributed by atoms with E-state index >= 15 is 0 Å². The molecule has 2 aromatic heterocycles. The lowest BCUT2D eigenvalue weighted by molar-refractivity contribution is -0.151. The number of hydrogen-bond acceptors (Lipinski definition) is 6. The van der Waals surface area contributed by atoms with Crippen molar-refractivity contribution < 1.29 is 23.5 Å². The molecule has 0 aliphatic carbocycles. The van der Waals surface area contributed by atoms with Crippen LogP contribution in [0.2, 0.25) is 0 Å². The zero-order chi connectivity index (χ0) is 21.1. The van der Waals surface area contributed by atoms with E-state index in [2.05, 4.69) is 5.32 Å². The molecule has 1 N–H and O–H groups in total. The van der Waals surface area contributed by atoms with Crippen molar-refractivity contribution in [2.75, 3.05) is 13.2 Å². The van der Waals surface area contributed by atoms with Gasteiger partial charge in [-0.1, -0.05) is 6.07 Å². The first-order valence-electron chi connectivity index (χ1n) is 10.4. The summed E-state index contributed by atoms with van der Waals surface area (Å²) in [4.78, 5) is 42.4. The summed E-state index contributed by atoms with van der Waals surface area (Å²) in [7, 11) is 0. The Balaban J connectivity index is 1.80. The van der Waals surface area contributed by atoms with Crippen molar-refractivity contribution in [1.82, 2.24) is 10.2 Å². The lowest BCUT2D eigenvalue weighted by Crippen LogP contribution is -2.57. The van der Waals surface area contributed by atoms with Gasteiger partial charge < -0.3 is 19.4 Å². The Labute approximate surface area is 179 Å². The molecule has 0 aromatic carbocycles. The lowest BCUT2D eigenvalue weighted by Gasteiger charge is -2.38. The van der Waals surface area contributed by atoms with Gasteiger partial charge in [-0.2, -0.15) is 0 Å². The second kappa shape index (κ2) is 8.63. The van der Waals surface area contributed by atoms with E-state index in [1.165, 1.54) is 17.6 Å². The molecule has 30 heavy (non-hydrogen) atoms. The number of hydrogen-bond donors (Lipinski definition) is 1. The third-order valence-electron chi connectivity index (χ3n) is 6.00. The SMILES string of the molecule is CCOC(=O)[C@H]1C[C@]2(CCCCNC2=O)N(C(=O)Cc2cccs2)[C@H]1c1ccco1. The van der Waals surface area contributed by atoms with Gasteiger partial charge >= 0.3 is 5.97 Å². The molecule has 2 saturated heterocycles. The molecule has 0 bridgehead atoms. The highest BCUT2D eigenvalue weighted by molar-refractivity contribution is 7.10. The highest BCUT2D eigenvalue weighted by Gasteiger charge is 2.61. The normalized spacial score (nSPS) is 26.4. The molecular formula is C22H26N2O5S. The molecule has 4 heterocycles. The number of ether oxygens (including phenoxy) is 1. The van der Waals surface area contributed by atoms with Crippen LogP contribution in [0.3, 0.4) is 0 Å². The molecular weight excluding hydrogens is 404 g/mol. The summed E-state index contributed by atoms with van der Waals surface area (Å²) >= 11 is 1.50. The number of furan rings is 1. The Kier molecular flexibility index (Phi) is 5.94. The smallest absolute Gasteiger partial charge is 0.311 e. The Morgan fingerprint density at radius 2 is 2.20 bits per heavy atom. The van der Waals surface area contributed by atoms with E-state index < -0.39 is 23.5 Å². The molecule has 0 radical (unpaired) electrons. The summed E-state index contributed by atoms with van der Waals surface area (Å²) < 4.78 is 11.0. The summed E-state index contributed by atoms with van der Waals surface area (Å²) in [6, 6.07) is 6.63. The number of carbonyl (C=O) groups excluding carboxylic acids is 3. The second-order valence-corrected chi connectivity index (χ2v) is 8.82. The van der Waals surface area contributed by atoms with Crippen molar-refractivity contribution in [2.24, 2.45) is 5.92 Å². The number of likely N-dealkylation sites (tertiary alicyclic amines) is 1. The van der Waals surface area contributed by atoms with Gasteiger partial charge in [-0.05, 0) is 56.2 Å². The fourth-order valence-electron chi connectivity index (χ4n) is 4.75. The van der Waals surface area contributed by atoms with Gasteiger partial charge in [0.05, 0.1) is 25.2 Å². The molecule has 2 amide bonds. The van der Waals surface area contributed by atoms with Crippen LogP contribution in [-0.2, 0) is 25.5 Å². The minimum atomic E-state index is -1.08. The van der Waals surface area contributed by atoms with Crippen LogP contribution in [0.5, 0.6) is 0 Å². The summed E-state index contributed by atoms with van der Waals surface area (Å²) in [5.41, 5.74) is -1.08. The van der Waals surface area contributed by atoms with Crippen LogP contribution in [-0.4, -0.2) is 41.4 Å². The van der Waals surface area contributed by atoms with Crippen molar-refractivity contribution >= 4 is 29.1 Å². The Morgan fingerprint density at radius 1 is 1.33 bits per heavy atom. The van der Waals surface area contributed by atoms with Crippen LogP contribution in [0.1, 0.15) is 49.3 Å². The molecule has 3 atom stereocenters. The van der Waals surface area contributed by atoms with E-state index in [0.29, 0.717) is 18.7 Å². The van der Waals surface area contributed by atoms with Gasteiger partial charge in [0.15, 0.2) is 0 Å². The highest BCUT2D eigenvalue weighted by Crippen LogP contribution is 2.50. The van der Waals surface area contributed by atoms with Crippen molar-refractivity contribution in [1.29, 1.82) is 0 Å². The van der Waals surface area contributed by atoms with Crippen LogP contribution in [0.15, 0.2) is 40.3 Å². The zero-order valence-corrected chi connectivity index (χ0v) is 17.8. The topological polar surface area (TPSA) is 88.9 Å². The van der Waals surface area contributed by atoms with Gasteiger partial charge in [0.2, 0.25) is 11.8 Å². The van der Waals surface area contributed by atoms with Crippen LogP contribution in [0, 0.1) is 5.92 Å². The molecule has 0 saturated carbocycles. The van der Waals surface area contributed by atoms with E-state index in [-0.39, 0.29) is 31.3 Å². The monoisotopic (exact) mass is 430 g/mol. The van der Waals surface area contributed by atoms with E-state index in [9.17, 15) is 14.4 Å². The minimum absolute atomic E-state index is 0.178. The summed E-state index contributed by atoms with van der Waals surface area (Å²) in [6.45, 7) is 2.56. The number of carbonyl (C=O) groups is 3. The number of nitrogens with zero attached hydrogens (tertiary/aromatic N) is 1. The molecule has 8 heteroatoms. The maximum atomic E-state index is 13.6. The third kappa shape index (κ3) is 3.64. The van der Waals surface area contributed by atoms with Crippen molar-refractivity contribution in [3.05, 3.63) is 46.5 Å². The van der Waals surface area contributed by atoms with E-state index in [1.807, 2.05) is 17.5 Å². The fourth-order valence-corrected chi connectivity index (χ4v) is 5.45. The maximum absolute atomic E-state index is 13.6. The maximum Gasteiger partial charge on any atom is 0.311 e. The number of amides is 2. The van der Waals surface area contributed by atoms with Crippen molar-refractivity contribution in [3.8, 4) is 0 Å². The standard InChI is InChI=1S/C22H26N2O5S/c1-2-28-20(26)16-14-22(9-3-4-10-23-21(22)27)24(19(16)17-8-5-11-29-17)18(25)13-15-7-6-12-30-15/h5-8,11-12,16,19H,2-4,9-10,13-14H2,1H3,(H,23,27)/t16-,19+,22-/m0/s1. The average molecular weight is 431 g/mol. The minimum Gasteiger partial charge on any atom is -0.467 e. The van der Waals surface area contributed by atoms with Crippen LogP contribution in [0.4, 0.5) is 0 Å². The molecule has 2 aromatic rings. The van der Waals surface area contributed by atoms with E-state index in [4.69, 9.17) is 9.15 Å². The average Bonchev–Trinajstić information content (AvgIpc) is 3.45. The number of rotatable bonds is 5. The molecule has 2 fully saturated rings. The zero-order valence-electron chi connectivity index (χ0n) is 17.0. The van der Waals surface area contributed by atoms with Gasteiger partial charge in [0, 0.05) is 11.4 Å². The first-order chi connectivity index (χ1) is 14.6. The fraction of sp³-hybridized carbons (Fsp3) is 0.500. The summed E-state index contributed by atoms with van der Waals surface area (Å²) in [6.07, 6.45) is 4.09. The second-order valence-electron chi connectivity index (χ2n) is 7.79. The number of thiophene rings is 1. The first kappa shape index (κ1) is 20.7. The molecule has 4 rings (SSSR count). The van der Waals surface area contributed by atoms with Crippen molar-refractivity contribution in [2.45, 2.75) is 50.6 Å². The van der Waals surface area contributed by atoms with Crippen molar-refractivity contribution in [3.63, 3.8) is 0 Å². The first-order valence-corrected chi connectivity index (χ1v) is 11.3. The van der Waals surface area contributed by atoms with Crippen LogP contribution in [0.25, 0.3) is 0 Å². The van der Waals surface area contributed by atoms with Gasteiger partial charge in [0.1, 0.15) is 17.3 Å². The number of esters is 1. The third-order valence-corrected chi connectivity index (χ3v) is 6.88. The Morgan fingerprint density at radius 3 is 2.90 bits per heavy atom. The van der Waals surface area contributed by atoms with Crippen LogP contribution < -0.4 is 5.32 Å². The number of nitrogens with one attached hydrogen (secondary N) is 1. The summed E-state index contributed by atoms with van der Waals surface area (Å²) in [5.74, 6) is -0.930. The van der Waals surface area contributed by atoms with Gasteiger partial charge in [-0.15, -0.1) is 11.3 Å². The Bertz CT molecular complexity index is 895. The quantitative estimate of drug-likeness (QED) is 0.737. The van der Waals surface area contributed by atoms with Gasteiger partial charge in [0.25, 0.3) is 0 Å². The van der Waals surface area contributed by atoms with Gasteiger partial charge in [-0.25, -0.2) is 0 Å². The molecule has 1 spiro atoms. The Hall–Kier alpha value is -2.61. The molecule has 0 unspecified atom stereocenters. The van der Waals surface area contributed by atoms with E-state index in [1.54, 1.807) is 24.0 Å². The molecule has 160 valence electrons. The largest absolute Gasteiger partial charge is 0.467 e. The molecule has 2 aliphatic rings. The summed E-state index contributed by atoms with van der Waals surface area (Å²) in [5, 5.41) is 4.89. The predicted molar refractivity (Wildman–Crippen MR) is 111 cm³/mol. The van der Waals surface area contributed by atoms with Gasteiger partial charge in [-0.3, -0.25) is 14.4 Å².